The van der Waals surface area contributed by atoms with Crippen molar-refractivity contribution < 1.29 is 4.79 Å². The molecule has 1 amide bonds. The van der Waals surface area contributed by atoms with Gasteiger partial charge in [-0.1, -0.05) is 11.6 Å². The van der Waals surface area contributed by atoms with Crippen molar-refractivity contribution in [1.29, 1.82) is 0 Å². The highest BCUT2D eigenvalue weighted by Gasteiger charge is 2.27. The van der Waals surface area contributed by atoms with Crippen LogP contribution in [-0.2, 0) is 4.79 Å². The van der Waals surface area contributed by atoms with E-state index in [0.717, 1.165) is 44.1 Å². The second-order valence-electron chi connectivity index (χ2n) is 7.59. The van der Waals surface area contributed by atoms with E-state index in [1.54, 1.807) is 29.9 Å². The third-order valence-corrected chi connectivity index (χ3v) is 5.85. The van der Waals surface area contributed by atoms with Crippen LogP contribution in [0.15, 0.2) is 29.3 Å². The molecule has 0 saturated heterocycles. The highest BCUT2D eigenvalue weighted by molar-refractivity contribution is 6.32. The number of carbonyl (C=O) groups is 1. The molecule has 7 nitrogen and oxygen atoms in total. The van der Waals surface area contributed by atoms with Gasteiger partial charge in [-0.25, -0.2) is 9.97 Å². The summed E-state index contributed by atoms with van der Waals surface area (Å²) in [5, 5.41) is 6.56. The van der Waals surface area contributed by atoms with Crippen LogP contribution in [0.25, 0.3) is 11.3 Å². The molecular formula is C20H24ClN5O2. The fourth-order valence-electron chi connectivity index (χ4n) is 3.81. The third kappa shape index (κ3) is 4.04. The van der Waals surface area contributed by atoms with Gasteiger partial charge >= 0.3 is 0 Å². The first kappa shape index (κ1) is 18.9. The molecule has 2 N–H and O–H groups in total. The molecule has 2 aliphatic carbocycles. The predicted octanol–water partition coefficient (Wildman–Crippen LogP) is 3.01. The standard InChI is InChI=1S/C20H24ClN5O2/c1-22-19(28)12-2-5-14(6-3-12)24-20-23-10-16(21)18(25-20)13-4-9-17(27)26(11-13)15-7-8-15/h4,9-12,14-15H,2-3,5-8H2,1H3,(H,22,28)(H,23,24,25). The number of halogens is 1. The van der Waals surface area contributed by atoms with Crippen molar-refractivity contribution >= 4 is 23.5 Å². The Morgan fingerprint density at radius 1 is 1.18 bits per heavy atom. The molecule has 2 aromatic heterocycles. The van der Waals surface area contributed by atoms with Crippen molar-refractivity contribution in [2.24, 2.45) is 5.92 Å². The highest BCUT2D eigenvalue weighted by atomic mass is 35.5. The summed E-state index contributed by atoms with van der Waals surface area (Å²) < 4.78 is 1.76. The van der Waals surface area contributed by atoms with E-state index >= 15 is 0 Å². The number of rotatable bonds is 5. The number of hydrogen-bond acceptors (Lipinski definition) is 5. The summed E-state index contributed by atoms with van der Waals surface area (Å²) in [7, 11) is 1.68. The first-order valence-corrected chi connectivity index (χ1v) is 10.2. The van der Waals surface area contributed by atoms with Gasteiger partial charge < -0.3 is 15.2 Å². The summed E-state index contributed by atoms with van der Waals surface area (Å²) in [6.07, 6.45) is 8.99. The number of aromatic nitrogens is 3. The van der Waals surface area contributed by atoms with E-state index in [1.165, 1.54) is 0 Å². The van der Waals surface area contributed by atoms with Gasteiger partial charge in [-0.15, -0.1) is 0 Å². The lowest BCUT2D eigenvalue weighted by atomic mass is 9.85. The van der Waals surface area contributed by atoms with Crippen LogP contribution in [0.4, 0.5) is 5.95 Å². The van der Waals surface area contributed by atoms with Crippen LogP contribution in [0, 0.1) is 5.92 Å². The fourth-order valence-corrected chi connectivity index (χ4v) is 4.01. The summed E-state index contributed by atoms with van der Waals surface area (Å²) >= 11 is 6.35. The fraction of sp³-hybridized carbons (Fsp3) is 0.500. The Morgan fingerprint density at radius 3 is 2.61 bits per heavy atom. The van der Waals surface area contributed by atoms with E-state index in [1.807, 2.05) is 6.20 Å². The lowest BCUT2D eigenvalue weighted by Gasteiger charge is -2.28. The molecule has 2 fully saturated rings. The summed E-state index contributed by atoms with van der Waals surface area (Å²) in [4.78, 5) is 32.8. The Morgan fingerprint density at radius 2 is 1.93 bits per heavy atom. The summed E-state index contributed by atoms with van der Waals surface area (Å²) in [6.45, 7) is 0. The SMILES string of the molecule is CNC(=O)C1CCC(Nc2ncc(Cl)c(-c3ccc(=O)n(C4CC4)c3)n2)CC1. The minimum absolute atomic E-state index is 0.00246. The molecule has 4 rings (SSSR count). The quantitative estimate of drug-likeness (QED) is 0.803. The molecule has 0 bridgehead atoms. The van der Waals surface area contributed by atoms with E-state index in [4.69, 9.17) is 11.6 Å². The largest absolute Gasteiger partial charge is 0.359 e. The van der Waals surface area contributed by atoms with Crippen molar-refractivity contribution in [3.05, 3.63) is 39.9 Å². The van der Waals surface area contributed by atoms with Gasteiger partial charge in [-0.2, -0.15) is 0 Å². The molecule has 0 aliphatic heterocycles. The van der Waals surface area contributed by atoms with E-state index < -0.39 is 0 Å². The van der Waals surface area contributed by atoms with E-state index in [2.05, 4.69) is 20.6 Å². The van der Waals surface area contributed by atoms with Crippen LogP contribution in [0.5, 0.6) is 0 Å². The van der Waals surface area contributed by atoms with Gasteiger partial charge in [-0.3, -0.25) is 9.59 Å². The van der Waals surface area contributed by atoms with Crippen molar-refractivity contribution in [1.82, 2.24) is 19.9 Å². The number of hydrogen-bond donors (Lipinski definition) is 2. The van der Waals surface area contributed by atoms with Crippen molar-refractivity contribution in [3.8, 4) is 11.3 Å². The topological polar surface area (TPSA) is 88.9 Å². The van der Waals surface area contributed by atoms with Crippen LogP contribution in [0.1, 0.15) is 44.6 Å². The number of amides is 1. The van der Waals surface area contributed by atoms with Gasteiger partial charge in [0.05, 0.1) is 16.9 Å². The first-order valence-electron chi connectivity index (χ1n) is 9.78. The average molecular weight is 402 g/mol. The summed E-state index contributed by atoms with van der Waals surface area (Å²) in [6, 6.07) is 3.85. The Bertz CT molecular complexity index is 932. The molecule has 8 heteroatoms. The van der Waals surface area contributed by atoms with Crippen LogP contribution < -0.4 is 16.2 Å². The van der Waals surface area contributed by atoms with E-state index in [9.17, 15) is 9.59 Å². The van der Waals surface area contributed by atoms with Crippen LogP contribution >= 0.6 is 11.6 Å². The molecule has 28 heavy (non-hydrogen) atoms. The maximum Gasteiger partial charge on any atom is 0.250 e. The summed E-state index contributed by atoms with van der Waals surface area (Å²) in [5.41, 5.74) is 1.43. The zero-order chi connectivity index (χ0) is 19.7. The molecule has 0 spiro atoms. The second-order valence-corrected chi connectivity index (χ2v) is 8.00. The van der Waals surface area contributed by atoms with Gasteiger partial charge in [0, 0.05) is 42.9 Å². The molecule has 2 heterocycles. The van der Waals surface area contributed by atoms with E-state index in [-0.39, 0.29) is 23.4 Å². The van der Waals surface area contributed by atoms with E-state index in [0.29, 0.717) is 22.7 Å². The minimum atomic E-state index is 0.00246. The Hall–Kier alpha value is -2.41. The molecular weight excluding hydrogens is 378 g/mol. The van der Waals surface area contributed by atoms with Crippen LogP contribution in [0.3, 0.4) is 0 Å². The normalized spacial score (nSPS) is 21.9. The van der Waals surface area contributed by atoms with Crippen molar-refractivity contribution in [2.45, 2.75) is 50.6 Å². The Balaban J connectivity index is 1.50. The van der Waals surface area contributed by atoms with Gasteiger partial charge in [0.25, 0.3) is 5.56 Å². The number of nitrogens with zero attached hydrogens (tertiary/aromatic N) is 3. The van der Waals surface area contributed by atoms with Crippen molar-refractivity contribution in [2.75, 3.05) is 12.4 Å². The minimum Gasteiger partial charge on any atom is -0.359 e. The number of pyridine rings is 1. The van der Waals surface area contributed by atoms with Crippen LogP contribution in [-0.4, -0.2) is 33.5 Å². The zero-order valence-electron chi connectivity index (χ0n) is 15.8. The monoisotopic (exact) mass is 401 g/mol. The van der Waals surface area contributed by atoms with Gasteiger partial charge in [0.15, 0.2) is 0 Å². The Kier molecular flexibility index (Phi) is 5.35. The third-order valence-electron chi connectivity index (χ3n) is 5.57. The maximum atomic E-state index is 12.1. The average Bonchev–Trinajstić information content (AvgIpc) is 3.55. The van der Waals surface area contributed by atoms with Gasteiger partial charge in [0.1, 0.15) is 0 Å². The van der Waals surface area contributed by atoms with Crippen molar-refractivity contribution in [3.63, 3.8) is 0 Å². The molecule has 2 aliphatic rings. The highest BCUT2D eigenvalue weighted by Crippen LogP contribution is 2.35. The number of nitrogens with one attached hydrogen (secondary N) is 2. The molecule has 0 aromatic carbocycles. The Labute approximate surface area is 168 Å². The molecule has 0 radical (unpaired) electrons. The summed E-state index contributed by atoms with van der Waals surface area (Å²) in [5.74, 6) is 0.731. The molecule has 0 unspecified atom stereocenters. The number of carbonyl (C=O) groups excluding carboxylic acids is 1. The maximum absolute atomic E-state index is 12.1. The predicted molar refractivity (Wildman–Crippen MR) is 108 cm³/mol. The van der Waals surface area contributed by atoms with Gasteiger partial charge in [0.2, 0.25) is 11.9 Å². The first-order chi connectivity index (χ1) is 13.5. The lowest BCUT2D eigenvalue weighted by Crippen LogP contribution is -2.34. The molecule has 0 atom stereocenters. The molecule has 2 aromatic rings. The molecule has 2 saturated carbocycles. The molecule has 148 valence electrons. The lowest BCUT2D eigenvalue weighted by molar-refractivity contribution is -0.125. The zero-order valence-corrected chi connectivity index (χ0v) is 16.6. The smallest absolute Gasteiger partial charge is 0.250 e. The van der Waals surface area contributed by atoms with Gasteiger partial charge in [-0.05, 0) is 44.6 Å². The second kappa shape index (κ2) is 7.91. The number of anilines is 1. The van der Waals surface area contributed by atoms with Crippen LogP contribution in [0.2, 0.25) is 5.02 Å².